The first kappa shape index (κ1) is 33.7. The normalized spacial score (nSPS) is 12.1. The van der Waals surface area contributed by atoms with Crippen LogP contribution in [0.25, 0.3) is 10.9 Å². The lowest BCUT2D eigenvalue weighted by molar-refractivity contribution is -0.150. The predicted octanol–water partition coefficient (Wildman–Crippen LogP) is 1.52. The molecule has 0 aliphatic heterocycles. The molecule has 8 N–H and O–H groups in total. The average Bonchev–Trinajstić information content (AvgIpc) is 2.97. The summed E-state index contributed by atoms with van der Waals surface area (Å²) < 4.78 is 12.7. The molecule has 1 heterocycles. The molecule has 42 heavy (non-hydrogen) atoms. The van der Waals surface area contributed by atoms with Gasteiger partial charge in [0.2, 0.25) is 0 Å². The van der Waals surface area contributed by atoms with Gasteiger partial charge in [-0.25, -0.2) is 9.78 Å². The molecule has 0 aliphatic rings. The highest BCUT2D eigenvalue weighted by Gasteiger charge is 2.18. The molecule has 0 saturated heterocycles. The van der Waals surface area contributed by atoms with E-state index in [0.29, 0.717) is 68.6 Å². The first-order chi connectivity index (χ1) is 20.1. The van der Waals surface area contributed by atoms with E-state index in [0.717, 1.165) is 11.4 Å². The van der Waals surface area contributed by atoms with Crippen LogP contribution in [0, 0.1) is 0 Å². The molecule has 2 aromatic carbocycles. The maximum absolute atomic E-state index is 12.8. The molecule has 0 amide bonds. The van der Waals surface area contributed by atoms with Crippen molar-refractivity contribution in [1.82, 2.24) is 9.55 Å². The number of rotatable bonds is 15. The second-order valence-corrected chi connectivity index (χ2v) is 9.23. The minimum absolute atomic E-state index is 0.0129. The second kappa shape index (κ2) is 17.4. The molecule has 1 unspecified atom stereocenters. The van der Waals surface area contributed by atoms with Crippen molar-refractivity contribution in [3.05, 3.63) is 70.3 Å². The molecule has 0 bridgehead atoms. The molecule has 0 radical (unpaired) electrons. The van der Waals surface area contributed by atoms with Gasteiger partial charge in [-0.1, -0.05) is 31.2 Å². The quantitative estimate of drug-likeness (QED) is 0.0979. The molecule has 0 fully saturated rings. The number of hydrogen-bond acceptors (Lipinski definition) is 8. The number of nitrogens with zero attached hydrogens (tertiary/aromatic N) is 3. The minimum Gasteiger partial charge on any atom is -0.492 e. The SMILES string of the molecule is CCOC(Cc1ccc(OCCn2c(CC)nc3ccccc3c2=O)cc1)C(=O)O.NC(N)=NCCC[C@H](N)C(=O)O. The number of aliphatic carboxylic acids is 2. The molecule has 3 aromatic rings. The summed E-state index contributed by atoms with van der Waals surface area (Å²) in [6.07, 6.45) is 1.04. The number of fused-ring (bicyclic) bond motifs is 1. The standard InChI is InChI=1S/C23H26N2O5.C6H14N4O2/c1-3-21-24-19-8-6-5-7-18(19)22(26)25(21)13-14-30-17-11-9-16(10-12-17)15-20(23(27)28)29-4-2;7-4(5(11)12)2-1-3-10-6(8)9/h5-12,20H,3-4,13-15H2,1-2H3,(H,27,28);4H,1-3,7H2,(H,11,12)(H4,8,9,10)/t;4-/m.0/s1. The molecular formula is C29H40N6O7. The van der Waals surface area contributed by atoms with E-state index in [9.17, 15) is 19.5 Å². The smallest absolute Gasteiger partial charge is 0.333 e. The zero-order valence-electron chi connectivity index (χ0n) is 23.9. The van der Waals surface area contributed by atoms with Crippen LogP contribution in [-0.4, -0.2) is 69.6 Å². The molecule has 2 atom stereocenters. The van der Waals surface area contributed by atoms with Crippen LogP contribution < -0.4 is 27.5 Å². The van der Waals surface area contributed by atoms with Gasteiger partial charge in [-0.3, -0.25) is 19.1 Å². The van der Waals surface area contributed by atoms with Crippen molar-refractivity contribution in [2.24, 2.45) is 22.2 Å². The molecule has 3 rings (SSSR count). The molecule has 0 saturated carbocycles. The number of ether oxygens (including phenoxy) is 2. The topological polar surface area (TPSA) is 218 Å². The fourth-order valence-electron chi connectivity index (χ4n) is 3.97. The van der Waals surface area contributed by atoms with Crippen molar-refractivity contribution in [3.8, 4) is 5.75 Å². The van der Waals surface area contributed by atoms with Gasteiger partial charge >= 0.3 is 11.9 Å². The number of aromatic nitrogens is 2. The Bertz CT molecular complexity index is 1390. The van der Waals surface area contributed by atoms with Gasteiger partial charge in [-0.05, 0) is 49.6 Å². The number of carbonyl (C=O) groups is 2. The Hall–Kier alpha value is -4.49. The number of para-hydroxylation sites is 1. The summed E-state index contributed by atoms with van der Waals surface area (Å²) >= 11 is 0. The van der Waals surface area contributed by atoms with E-state index in [1.165, 1.54) is 0 Å². The van der Waals surface area contributed by atoms with E-state index >= 15 is 0 Å². The molecule has 1 aromatic heterocycles. The van der Waals surface area contributed by atoms with Crippen LogP contribution in [0.5, 0.6) is 5.75 Å². The molecule has 0 spiro atoms. The van der Waals surface area contributed by atoms with Crippen molar-refractivity contribution < 1.29 is 29.3 Å². The van der Waals surface area contributed by atoms with Crippen LogP contribution in [0.1, 0.15) is 38.1 Å². The second-order valence-electron chi connectivity index (χ2n) is 9.23. The fraction of sp³-hybridized carbons (Fsp3) is 0.414. The molecule has 13 heteroatoms. The Kier molecular flexibility index (Phi) is 13.9. The average molecular weight is 585 g/mol. The first-order valence-electron chi connectivity index (χ1n) is 13.7. The zero-order valence-corrected chi connectivity index (χ0v) is 23.9. The maximum Gasteiger partial charge on any atom is 0.333 e. The number of aliphatic imine (C=N–C) groups is 1. The van der Waals surface area contributed by atoms with Crippen LogP contribution in [0.15, 0.2) is 58.3 Å². The van der Waals surface area contributed by atoms with E-state index < -0.39 is 24.1 Å². The number of carboxylic acid groups (broad SMARTS) is 2. The van der Waals surface area contributed by atoms with Gasteiger partial charge in [0.05, 0.1) is 17.4 Å². The third-order valence-electron chi connectivity index (χ3n) is 6.11. The highest BCUT2D eigenvalue weighted by Crippen LogP contribution is 2.15. The zero-order chi connectivity index (χ0) is 31.1. The number of benzene rings is 2. The van der Waals surface area contributed by atoms with E-state index in [-0.39, 0.29) is 11.5 Å². The molecular weight excluding hydrogens is 544 g/mol. The molecule has 228 valence electrons. The number of aryl methyl sites for hydroxylation is 1. The highest BCUT2D eigenvalue weighted by molar-refractivity contribution is 5.77. The fourth-order valence-corrected chi connectivity index (χ4v) is 3.97. The van der Waals surface area contributed by atoms with Gasteiger partial charge < -0.3 is 36.9 Å². The number of carboxylic acids is 2. The van der Waals surface area contributed by atoms with Crippen molar-refractivity contribution in [3.63, 3.8) is 0 Å². The third-order valence-corrected chi connectivity index (χ3v) is 6.11. The lowest BCUT2D eigenvalue weighted by Gasteiger charge is -2.14. The van der Waals surface area contributed by atoms with E-state index in [1.54, 1.807) is 29.7 Å². The van der Waals surface area contributed by atoms with Crippen LogP contribution in [-0.2, 0) is 33.7 Å². The van der Waals surface area contributed by atoms with Crippen LogP contribution in [0.3, 0.4) is 0 Å². The monoisotopic (exact) mass is 584 g/mol. The minimum atomic E-state index is -1.00. The van der Waals surface area contributed by atoms with Gasteiger partial charge in [-0.2, -0.15) is 0 Å². The Morgan fingerprint density at radius 1 is 1.05 bits per heavy atom. The summed E-state index contributed by atoms with van der Waals surface area (Å²) in [4.78, 5) is 42.5. The summed E-state index contributed by atoms with van der Waals surface area (Å²) in [6.45, 7) is 5.23. The Morgan fingerprint density at radius 3 is 2.33 bits per heavy atom. The Balaban J connectivity index is 0.000000435. The number of nitrogens with two attached hydrogens (primary N) is 3. The highest BCUT2D eigenvalue weighted by atomic mass is 16.5. The van der Waals surface area contributed by atoms with Gasteiger partial charge in [0.25, 0.3) is 5.56 Å². The van der Waals surface area contributed by atoms with Gasteiger partial charge in [-0.15, -0.1) is 0 Å². The van der Waals surface area contributed by atoms with Crippen molar-refractivity contribution in [2.75, 3.05) is 19.8 Å². The van der Waals surface area contributed by atoms with Gasteiger partial charge in [0, 0.05) is 26.0 Å². The summed E-state index contributed by atoms with van der Waals surface area (Å²) in [7, 11) is 0. The maximum atomic E-state index is 12.8. The number of hydrogen-bond donors (Lipinski definition) is 5. The van der Waals surface area contributed by atoms with E-state index in [1.807, 2.05) is 37.3 Å². The summed E-state index contributed by atoms with van der Waals surface area (Å²) in [6, 6.07) is 13.8. The van der Waals surface area contributed by atoms with Crippen LogP contribution >= 0.6 is 0 Å². The number of guanidine groups is 1. The van der Waals surface area contributed by atoms with E-state index in [2.05, 4.69) is 9.98 Å². The first-order valence-corrected chi connectivity index (χ1v) is 13.7. The van der Waals surface area contributed by atoms with Crippen LogP contribution in [0.4, 0.5) is 0 Å². The van der Waals surface area contributed by atoms with Crippen molar-refractivity contribution in [1.29, 1.82) is 0 Å². The predicted molar refractivity (Wildman–Crippen MR) is 160 cm³/mol. The largest absolute Gasteiger partial charge is 0.492 e. The Labute approximate surface area is 244 Å². The Morgan fingerprint density at radius 2 is 1.74 bits per heavy atom. The van der Waals surface area contributed by atoms with E-state index in [4.69, 9.17) is 31.8 Å². The molecule has 13 nitrogen and oxygen atoms in total. The third kappa shape index (κ3) is 10.8. The lowest BCUT2D eigenvalue weighted by Crippen LogP contribution is -2.30. The summed E-state index contributed by atoms with van der Waals surface area (Å²) in [5.41, 5.74) is 16.8. The van der Waals surface area contributed by atoms with Crippen molar-refractivity contribution in [2.45, 2.75) is 58.2 Å². The summed E-state index contributed by atoms with van der Waals surface area (Å²) in [5.74, 6) is -0.577. The summed E-state index contributed by atoms with van der Waals surface area (Å²) in [5, 5.41) is 18.2. The van der Waals surface area contributed by atoms with Crippen LogP contribution in [0.2, 0.25) is 0 Å². The lowest BCUT2D eigenvalue weighted by atomic mass is 10.1. The van der Waals surface area contributed by atoms with Crippen molar-refractivity contribution >= 4 is 28.8 Å². The van der Waals surface area contributed by atoms with Gasteiger partial charge in [0.15, 0.2) is 12.1 Å². The molecule has 0 aliphatic carbocycles. The van der Waals surface area contributed by atoms with Gasteiger partial charge in [0.1, 0.15) is 24.2 Å².